The summed E-state index contributed by atoms with van der Waals surface area (Å²) in [6.45, 7) is 6.42. The zero-order chi connectivity index (χ0) is 9.97. The van der Waals surface area contributed by atoms with E-state index in [1.165, 1.54) is 38.9 Å². The molecule has 0 saturated carbocycles. The average Bonchev–Trinajstić information content (AvgIpc) is 2.56. The third-order valence-corrected chi connectivity index (χ3v) is 4.06. The highest BCUT2D eigenvalue weighted by Gasteiger charge is 2.37. The Bertz CT molecular complexity index is 224. The second-order valence-electron chi connectivity index (χ2n) is 4.87. The van der Waals surface area contributed by atoms with Crippen molar-refractivity contribution in [2.24, 2.45) is 11.8 Å². The number of allylic oxidation sites excluding steroid dienone is 2. The molecule has 0 aromatic heterocycles. The van der Waals surface area contributed by atoms with E-state index >= 15 is 0 Å². The largest absolute Gasteiger partial charge is 0.334 e. The minimum atomic E-state index is 0.888. The van der Waals surface area contributed by atoms with Crippen LogP contribution in [0.15, 0.2) is 11.1 Å². The Balaban J connectivity index is 1.84. The van der Waals surface area contributed by atoms with Crippen LogP contribution in [0.1, 0.15) is 32.6 Å². The summed E-state index contributed by atoms with van der Waals surface area (Å²) in [5, 5.41) is 1.11. The van der Waals surface area contributed by atoms with Crippen LogP contribution in [0.5, 0.6) is 0 Å². The molecule has 2 rings (SSSR count). The van der Waals surface area contributed by atoms with E-state index in [0.29, 0.717) is 0 Å². The Kier molecular flexibility index (Phi) is 3.51. The number of rotatable bonds is 3. The predicted molar refractivity (Wildman–Crippen MR) is 60.6 cm³/mol. The molecule has 1 heterocycles. The van der Waals surface area contributed by atoms with Crippen LogP contribution in [0.2, 0.25) is 0 Å². The number of halogens is 1. The zero-order valence-corrected chi connectivity index (χ0v) is 9.82. The summed E-state index contributed by atoms with van der Waals surface area (Å²) in [4.78, 5) is 1.82. The third-order valence-electron chi connectivity index (χ3n) is 3.75. The molecule has 0 radical (unpaired) electrons. The first kappa shape index (κ1) is 10.5. The van der Waals surface area contributed by atoms with Crippen LogP contribution in [0.3, 0.4) is 0 Å². The molecule has 1 N–H and O–H groups in total. The first-order chi connectivity index (χ1) is 6.79. The number of quaternary nitrogens is 1. The first-order valence-corrected chi connectivity index (χ1v) is 6.35. The Morgan fingerprint density at radius 1 is 1.43 bits per heavy atom. The molecule has 80 valence electrons. The summed E-state index contributed by atoms with van der Waals surface area (Å²) < 4.78 is 0. The number of fused-ring (bicyclic) bond motifs is 1. The van der Waals surface area contributed by atoms with Gasteiger partial charge < -0.3 is 4.90 Å². The van der Waals surface area contributed by atoms with Crippen molar-refractivity contribution < 1.29 is 4.90 Å². The van der Waals surface area contributed by atoms with E-state index in [9.17, 15) is 0 Å². The molecule has 3 atom stereocenters. The highest BCUT2D eigenvalue weighted by Crippen LogP contribution is 2.31. The fourth-order valence-corrected chi connectivity index (χ4v) is 3.20. The first-order valence-electron chi connectivity index (χ1n) is 5.97. The Labute approximate surface area is 92.1 Å². The second-order valence-corrected chi connectivity index (χ2v) is 5.36. The number of hydrogen-bond donors (Lipinski definition) is 1. The molecule has 0 aromatic carbocycles. The van der Waals surface area contributed by atoms with Crippen molar-refractivity contribution >= 4 is 11.6 Å². The molecule has 1 aliphatic heterocycles. The molecule has 1 fully saturated rings. The van der Waals surface area contributed by atoms with Gasteiger partial charge in [-0.3, -0.25) is 0 Å². The quantitative estimate of drug-likeness (QED) is 0.732. The van der Waals surface area contributed by atoms with Gasteiger partial charge in [0, 0.05) is 16.9 Å². The van der Waals surface area contributed by atoms with E-state index in [4.69, 9.17) is 11.6 Å². The number of hydrogen-bond acceptors (Lipinski definition) is 0. The van der Waals surface area contributed by atoms with E-state index in [2.05, 4.69) is 13.0 Å². The maximum Gasteiger partial charge on any atom is 0.0808 e. The molecule has 2 aliphatic rings. The second kappa shape index (κ2) is 4.67. The summed E-state index contributed by atoms with van der Waals surface area (Å²) in [6.07, 6.45) is 7.35. The van der Waals surface area contributed by atoms with Crippen molar-refractivity contribution in [3.8, 4) is 0 Å². The lowest BCUT2D eigenvalue weighted by molar-refractivity contribution is -0.890. The molecule has 0 spiro atoms. The summed E-state index contributed by atoms with van der Waals surface area (Å²) >= 11 is 6.09. The van der Waals surface area contributed by atoms with Gasteiger partial charge in [-0.05, 0) is 19.3 Å². The van der Waals surface area contributed by atoms with Crippen LogP contribution in [0, 0.1) is 11.8 Å². The lowest BCUT2D eigenvalue weighted by atomic mass is 9.86. The van der Waals surface area contributed by atoms with E-state index in [-0.39, 0.29) is 0 Å². The molecule has 1 nitrogen and oxygen atoms in total. The maximum atomic E-state index is 6.09. The Hall–Kier alpha value is -0.0100. The SMILES string of the molecule is CCCC[NH+]1C[C@H]2CC(Cl)=CC[C@H]2C1. The van der Waals surface area contributed by atoms with Gasteiger partial charge >= 0.3 is 0 Å². The summed E-state index contributed by atoms with van der Waals surface area (Å²) in [7, 11) is 0. The van der Waals surface area contributed by atoms with E-state index in [0.717, 1.165) is 23.3 Å². The molecule has 0 aromatic rings. The van der Waals surface area contributed by atoms with Crippen molar-refractivity contribution in [3.63, 3.8) is 0 Å². The van der Waals surface area contributed by atoms with Crippen molar-refractivity contribution in [2.45, 2.75) is 32.6 Å². The molecule has 0 bridgehead atoms. The lowest BCUT2D eigenvalue weighted by Gasteiger charge is -2.18. The zero-order valence-electron chi connectivity index (χ0n) is 9.06. The van der Waals surface area contributed by atoms with Gasteiger partial charge in [-0.15, -0.1) is 0 Å². The van der Waals surface area contributed by atoms with Gasteiger partial charge in [-0.1, -0.05) is 31.0 Å². The van der Waals surface area contributed by atoms with Crippen molar-refractivity contribution in [1.82, 2.24) is 0 Å². The normalized spacial score (nSPS) is 36.7. The van der Waals surface area contributed by atoms with Crippen LogP contribution in [0.4, 0.5) is 0 Å². The van der Waals surface area contributed by atoms with Gasteiger partial charge in [0.25, 0.3) is 0 Å². The van der Waals surface area contributed by atoms with Crippen molar-refractivity contribution in [1.29, 1.82) is 0 Å². The Morgan fingerprint density at radius 3 is 3.00 bits per heavy atom. The summed E-state index contributed by atoms with van der Waals surface area (Å²) in [6, 6.07) is 0. The standard InChI is InChI=1S/C12H20ClN/c1-2-3-6-14-8-10-4-5-12(13)7-11(10)9-14/h5,10-11H,2-4,6-9H2,1H3/p+1/t10-,11+/m0/s1. The number of nitrogens with one attached hydrogen (secondary N) is 1. The van der Waals surface area contributed by atoms with Gasteiger partial charge in [0.1, 0.15) is 0 Å². The van der Waals surface area contributed by atoms with Crippen LogP contribution >= 0.6 is 11.6 Å². The van der Waals surface area contributed by atoms with Gasteiger partial charge in [0.05, 0.1) is 19.6 Å². The molecule has 1 saturated heterocycles. The van der Waals surface area contributed by atoms with Crippen LogP contribution in [-0.4, -0.2) is 19.6 Å². The number of likely N-dealkylation sites (tertiary alicyclic amines) is 1. The fraction of sp³-hybridized carbons (Fsp3) is 0.833. The minimum absolute atomic E-state index is 0.888. The molecule has 0 amide bonds. The van der Waals surface area contributed by atoms with Gasteiger partial charge in [-0.25, -0.2) is 0 Å². The minimum Gasteiger partial charge on any atom is -0.334 e. The van der Waals surface area contributed by atoms with Gasteiger partial charge in [0.2, 0.25) is 0 Å². The smallest absolute Gasteiger partial charge is 0.0808 e. The highest BCUT2D eigenvalue weighted by molar-refractivity contribution is 6.29. The molecule has 1 aliphatic carbocycles. The van der Waals surface area contributed by atoms with Crippen LogP contribution in [0.25, 0.3) is 0 Å². The summed E-state index contributed by atoms with van der Waals surface area (Å²) in [5.74, 6) is 1.82. The van der Waals surface area contributed by atoms with Crippen molar-refractivity contribution in [2.75, 3.05) is 19.6 Å². The lowest BCUT2D eigenvalue weighted by Crippen LogP contribution is -3.10. The summed E-state index contributed by atoms with van der Waals surface area (Å²) in [5.41, 5.74) is 0. The van der Waals surface area contributed by atoms with E-state index in [1.54, 1.807) is 0 Å². The predicted octanol–water partition coefficient (Wildman–Crippen LogP) is 1.83. The fourth-order valence-electron chi connectivity index (χ4n) is 2.92. The maximum absolute atomic E-state index is 6.09. The van der Waals surface area contributed by atoms with E-state index in [1.807, 2.05) is 4.90 Å². The molecular weight excluding hydrogens is 194 g/mol. The molecule has 2 heteroatoms. The van der Waals surface area contributed by atoms with Crippen LogP contribution in [-0.2, 0) is 0 Å². The Morgan fingerprint density at radius 2 is 2.21 bits per heavy atom. The average molecular weight is 215 g/mol. The van der Waals surface area contributed by atoms with Gasteiger partial charge in [-0.2, -0.15) is 0 Å². The topological polar surface area (TPSA) is 4.44 Å². The van der Waals surface area contributed by atoms with Crippen LogP contribution < -0.4 is 4.90 Å². The van der Waals surface area contributed by atoms with Gasteiger partial charge in [0.15, 0.2) is 0 Å². The van der Waals surface area contributed by atoms with Crippen molar-refractivity contribution in [3.05, 3.63) is 11.1 Å². The molecular formula is C12H21ClN+. The monoisotopic (exact) mass is 214 g/mol. The molecule has 1 unspecified atom stereocenters. The third kappa shape index (κ3) is 2.32. The van der Waals surface area contributed by atoms with E-state index < -0.39 is 0 Å². The highest BCUT2D eigenvalue weighted by atomic mass is 35.5. The molecule has 14 heavy (non-hydrogen) atoms. The number of unbranched alkanes of at least 4 members (excludes halogenated alkanes) is 1.